The van der Waals surface area contributed by atoms with Crippen molar-refractivity contribution >= 4 is 0 Å². The number of methoxy groups -OCH3 is 1. The van der Waals surface area contributed by atoms with Crippen molar-refractivity contribution in [2.45, 2.75) is 32.9 Å². The van der Waals surface area contributed by atoms with Crippen molar-refractivity contribution in [1.82, 2.24) is 0 Å². The molecule has 0 saturated heterocycles. The number of hydrogen-bond donors (Lipinski definition) is 1. The Morgan fingerprint density at radius 2 is 2.00 bits per heavy atom. The third kappa shape index (κ3) is 3.72. The van der Waals surface area contributed by atoms with Crippen LogP contribution in [0, 0.1) is 5.92 Å². The number of nitrogens with two attached hydrogens (primary N) is 1. The van der Waals surface area contributed by atoms with Crippen molar-refractivity contribution in [2.75, 3.05) is 13.7 Å². The second kappa shape index (κ2) is 6.62. The lowest BCUT2D eigenvalue weighted by Gasteiger charge is -2.26. The molecule has 3 nitrogen and oxygen atoms in total. The van der Waals surface area contributed by atoms with Crippen molar-refractivity contribution in [3.8, 4) is 5.75 Å². The topological polar surface area (TPSA) is 44.5 Å². The van der Waals surface area contributed by atoms with E-state index in [4.69, 9.17) is 15.2 Å². The van der Waals surface area contributed by atoms with Crippen LogP contribution in [0.25, 0.3) is 0 Å². The Hall–Kier alpha value is -1.06. The Bertz CT molecular complexity index is 339. The molecular formula is C14H23NO2. The number of benzene rings is 1. The van der Waals surface area contributed by atoms with Crippen molar-refractivity contribution < 1.29 is 9.47 Å². The third-order valence-corrected chi connectivity index (χ3v) is 2.84. The molecule has 17 heavy (non-hydrogen) atoms. The zero-order valence-electron chi connectivity index (χ0n) is 11.1. The summed E-state index contributed by atoms with van der Waals surface area (Å²) in [4.78, 5) is 0. The lowest BCUT2D eigenvalue weighted by Crippen LogP contribution is -2.32. The Morgan fingerprint density at radius 3 is 2.53 bits per heavy atom. The van der Waals surface area contributed by atoms with Crippen molar-refractivity contribution in [3.05, 3.63) is 29.8 Å². The SMILES string of the molecule is CCOc1cccc(C(N)C(OC)C(C)C)c1. The van der Waals surface area contributed by atoms with Crippen LogP contribution in [0.2, 0.25) is 0 Å². The second-order valence-corrected chi connectivity index (χ2v) is 4.48. The van der Waals surface area contributed by atoms with Crippen LogP contribution in [0.1, 0.15) is 32.4 Å². The van der Waals surface area contributed by atoms with E-state index in [0.29, 0.717) is 12.5 Å². The molecule has 1 aromatic carbocycles. The molecule has 0 aliphatic carbocycles. The van der Waals surface area contributed by atoms with E-state index in [1.54, 1.807) is 7.11 Å². The second-order valence-electron chi connectivity index (χ2n) is 4.48. The van der Waals surface area contributed by atoms with Gasteiger partial charge in [0.15, 0.2) is 0 Å². The molecule has 0 aliphatic rings. The zero-order chi connectivity index (χ0) is 12.8. The van der Waals surface area contributed by atoms with E-state index in [0.717, 1.165) is 11.3 Å². The molecule has 1 aromatic rings. The standard InChI is InChI=1S/C14H23NO2/c1-5-17-12-8-6-7-11(9-12)13(15)14(16-4)10(2)3/h6-10,13-14H,5,15H2,1-4H3. The van der Waals surface area contributed by atoms with Gasteiger partial charge in [-0.25, -0.2) is 0 Å². The molecule has 0 aromatic heterocycles. The van der Waals surface area contributed by atoms with Crippen LogP contribution in [-0.4, -0.2) is 19.8 Å². The highest BCUT2D eigenvalue weighted by Gasteiger charge is 2.22. The van der Waals surface area contributed by atoms with Gasteiger partial charge in [-0.1, -0.05) is 26.0 Å². The van der Waals surface area contributed by atoms with Crippen LogP contribution in [0.3, 0.4) is 0 Å². The summed E-state index contributed by atoms with van der Waals surface area (Å²) < 4.78 is 10.9. The molecule has 3 heteroatoms. The van der Waals surface area contributed by atoms with Gasteiger partial charge in [-0.2, -0.15) is 0 Å². The average molecular weight is 237 g/mol. The van der Waals surface area contributed by atoms with E-state index >= 15 is 0 Å². The molecule has 0 bridgehead atoms. The summed E-state index contributed by atoms with van der Waals surface area (Å²) in [7, 11) is 1.71. The van der Waals surface area contributed by atoms with Crippen molar-refractivity contribution in [3.63, 3.8) is 0 Å². The van der Waals surface area contributed by atoms with Crippen molar-refractivity contribution in [1.29, 1.82) is 0 Å². The molecule has 0 radical (unpaired) electrons. The third-order valence-electron chi connectivity index (χ3n) is 2.84. The van der Waals surface area contributed by atoms with Gasteiger partial charge in [0.1, 0.15) is 5.75 Å². The summed E-state index contributed by atoms with van der Waals surface area (Å²) >= 11 is 0. The monoisotopic (exact) mass is 237 g/mol. The summed E-state index contributed by atoms with van der Waals surface area (Å²) in [5.41, 5.74) is 7.29. The molecule has 0 amide bonds. The Balaban J connectivity index is 2.86. The first-order valence-corrected chi connectivity index (χ1v) is 6.11. The zero-order valence-corrected chi connectivity index (χ0v) is 11.1. The molecule has 0 aliphatic heterocycles. The fourth-order valence-electron chi connectivity index (χ4n) is 2.00. The van der Waals surface area contributed by atoms with Crippen LogP contribution in [-0.2, 0) is 4.74 Å². The molecule has 96 valence electrons. The summed E-state index contributed by atoms with van der Waals surface area (Å²) in [5, 5.41) is 0. The van der Waals surface area contributed by atoms with Crippen LogP contribution in [0.5, 0.6) is 5.75 Å². The van der Waals surface area contributed by atoms with Crippen LogP contribution < -0.4 is 10.5 Å². The van der Waals surface area contributed by atoms with Gasteiger partial charge in [0, 0.05) is 7.11 Å². The smallest absolute Gasteiger partial charge is 0.119 e. The largest absolute Gasteiger partial charge is 0.494 e. The number of ether oxygens (including phenoxy) is 2. The first-order chi connectivity index (χ1) is 8.10. The quantitative estimate of drug-likeness (QED) is 0.827. The summed E-state index contributed by atoms with van der Waals surface area (Å²) in [6.07, 6.45) is 0.0203. The highest BCUT2D eigenvalue weighted by Crippen LogP contribution is 2.24. The minimum atomic E-state index is -0.125. The van der Waals surface area contributed by atoms with E-state index in [1.165, 1.54) is 0 Å². The van der Waals surface area contributed by atoms with Gasteiger partial charge in [-0.05, 0) is 30.5 Å². The van der Waals surface area contributed by atoms with E-state index in [-0.39, 0.29) is 12.1 Å². The van der Waals surface area contributed by atoms with E-state index < -0.39 is 0 Å². The predicted molar refractivity (Wildman–Crippen MR) is 70.2 cm³/mol. The molecule has 2 N–H and O–H groups in total. The molecule has 0 saturated carbocycles. The highest BCUT2D eigenvalue weighted by atomic mass is 16.5. The maximum Gasteiger partial charge on any atom is 0.119 e. The fraction of sp³-hybridized carbons (Fsp3) is 0.571. The lowest BCUT2D eigenvalue weighted by molar-refractivity contribution is 0.0436. The normalized spacial score (nSPS) is 14.7. The molecule has 0 fully saturated rings. The van der Waals surface area contributed by atoms with Gasteiger partial charge in [-0.15, -0.1) is 0 Å². The number of hydrogen-bond acceptors (Lipinski definition) is 3. The first-order valence-electron chi connectivity index (χ1n) is 6.11. The fourth-order valence-corrected chi connectivity index (χ4v) is 2.00. The maximum absolute atomic E-state index is 6.24. The summed E-state index contributed by atoms with van der Waals surface area (Å²) in [6.45, 7) is 6.86. The Kier molecular flexibility index (Phi) is 5.45. The van der Waals surface area contributed by atoms with Gasteiger partial charge in [-0.3, -0.25) is 0 Å². The van der Waals surface area contributed by atoms with Crippen LogP contribution >= 0.6 is 0 Å². The molecule has 0 spiro atoms. The first kappa shape index (κ1) is 14.0. The molecular weight excluding hydrogens is 214 g/mol. The maximum atomic E-state index is 6.24. The molecule has 2 atom stereocenters. The summed E-state index contributed by atoms with van der Waals surface area (Å²) in [5.74, 6) is 1.24. The van der Waals surface area contributed by atoms with Gasteiger partial charge in [0.05, 0.1) is 18.8 Å². The van der Waals surface area contributed by atoms with Gasteiger partial charge in [0.2, 0.25) is 0 Å². The average Bonchev–Trinajstić information content (AvgIpc) is 2.30. The van der Waals surface area contributed by atoms with E-state index in [9.17, 15) is 0 Å². The molecule has 2 unspecified atom stereocenters. The van der Waals surface area contributed by atoms with Crippen molar-refractivity contribution in [2.24, 2.45) is 11.7 Å². The van der Waals surface area contributed by atoms with Crippen LogP contribution in [0.15, 0.2) is 24.3 Å². The lowest BCUT2D eigenvalue weighted by atomic mass is 9.94. The van der Waals surface area contributed by atoms with E-state index in [2.05, 4.69) is 13.8 Å². The van der Waals surface area contributed by atoms with Gasteiger partial charge in [0.25, 0.3) is 0 Å². The minimum absolute atomic E-state index is 0.0203. The van der Waals surface area contributed by atoms with Gasteiger partial charge < -0.3 is 15.2 Å². The minimum Gasteiger partial charge on any atom is -0.494 e. The van der Waals surface area contributed by atoms with Gasteiger partial charge >= 0.3 is 0 Å². The Morgan fingerprint density at radius 1 is 1.29 bits per heavy atom. The van der Waals surface area contributed by atoms with E-state index in [1.807, 2.05) is 31.2 Å². The highest BCUT2D eigenvalue weighted by molar-refractivity contribution is 5.31. The Labute approximate surface area is 104 Å². The summed E-state index contributed by atoms with van der Waals surface area (Å²) in [6, 6.07) is 7.79. The molecule has 0 heterocycles. The molecule has 1 rings (SSSR count). The number of rotatable bonds is 6. The predicted octanol–water partition coefficient (Wildman–Crippen LogP) is 2.76. The van der Waals surface area contributed by atoms with Crippen LogP contribution in [0.4, 0.5) is 0 Å².